The van der Waals surface area contributed by atoms with Gasteiger partial charge in [0, 0.05) is 35.5 Å². The Labute approximate surface area is 168 Å². The number of benzene rings is 1. The molecular weight excluding hydrogens is 377 g/mol. The minimum atomic E-state index is -1.88. The first-order chi connectivity index (χ1) is 13.4. The quantitative estimate of drug-likeness (QED) is 0.842. The van der Waals surface area contributed by atoms with E-state index in [-0.39, 0.29) is 21.9 Å². The lowest BCUT2D eigenvalue weighted by Gasteiger charge is -2.45. The van der Waals surface area contributed by atoms with Crippen LogP contribution in [-0.4, -0.2) is 24.5 Å². The molecule has 28 heavy (non-hydrogen) atoms. The molecule has 0 spiro atoms. The molecule has 5 nitrogen and oxygen atoms in total. The molecule has 0 bridgehead atoms. The lowest BCUT2D eigenvalue weighted by atomic mass is 9.58. The number of halogens is 2. The third kappa shape index (κ3) is 2.85. The Morgan fingerprint density at radius 3 is 2.61 bits per heavy atom. The fourth-order valence-corrected chi connectivity index (χ4v) is 4.64. The Morgan fingerprint density at radius 1 is 1.32 bits per heavy atom. The molecule has 0 saturated carbocycles. The normalized spacial score (nSPS) is 23.8. The van der Waals surface area contributed by atoms with E-state index in [1.165, 1.54) is 18.2 Å². The van der Waals surface area contributed by atoms with Crippen molar-refractivity contribution in [2.75, 3.05) is 19.6 Å². The topological polar surface area (TPSA) is 101 Å². The summed E-state index contributed by atoms with van der Waals surface area (Å²) in [6.07, 6.45) is 2.82. The Hall–Kier alpha value is -2.85. The van der Waals surface area contributed by atoms with Crippen molar-refractivity contribution < 1.29 is 4.39 Å². The fraction of sp³-hybridized carbons (Fsp3) is 0.381. The number of hydrogen-bond donors (Lipinski definition) is 1. The Bertz CT molecular complexity index is 957. The van der Waals surface area contributed by atoms with Crippen LogP contribution in [-0.2, 0) is 0 Å². The maximum absolute atomic E-state index is 14.9. The first-order valence-corrected chi connectivity index (χ1v) is 9.42. The summed E-state index contributed by atoms with van der Waals surface area (Å²) in [6.45, 7) is 3.98. The summed E-state index contributed by atoms with van der Waals surface area (Å²) in [5.74, 6) is -1.96. The number of rotatable bonds is 3. The van der Waals surface area contributed by atoms with Crippen LogP contribution >= 0.6 is 11.6 Å². The fourth-order valence-electron chi connectivity index (χ4n) is 4.36. The highest BCUT2D eigenvalue weighted by atomic mass is 35.5. The molecule has 0 unspecified atom stereocenters. The predicted octanol–water partition coefficient (Wildman–Crippen LogP) is 3.61. The van der Waals surface area contributed by atoms with Crippen LogP contribution in [0.4, 0.5) is 4.39 Å². The number of allylic oxidation sites excluding steroid dienone is 2. The summed E-state index contributed by atoms with van der Waals surface area (Å²) in [5.41, 5.74) is 5.11. The van der Waals surface area contributed by atoms with E-state index in [0.717, 1.165) is 13.0 Å². The molecule has 1 aliphatic heterocycles. The van der Waals surface area contributed by atoms with Crippen LogP contribution in [0.25, 0.3) is 0 Å². The summed E-state index contributed by atoms with van der Waals surface area (Å²) in [7, 11) is 0. The van der Waals surface area contributed by atoms with E-state index < -0.39 is 23.1 Å². The number of nitrogens with two attached hydrogens (primary N) is 1. The van der Waals surface area contributed by atoms with E-state index >= 15 is 0 Å². The van der Waals surface area contributed by atoms with Gasteiger partial charge in [-0.3, -0.25) is 4.90 Å². The molecule has 1 aromatic rings. The molecular formula is C21H19ClFN5. The Kier molecular flexibility index (Phi) is 5.43. The highest BCUT2D eigenvalue weighted by Gasteiger charge is 2.55. The first kappa shape index (κ1) is 19.9. The van der Waals surface area contributed by atoms with Gasteiger partial charge in [-0.25, -0.2) is 4.39 Å². The lowest BCUT2D eigenvalue weighted by Crippen LogP contribution is -2.48. The predicted molar refractivity (Wildman–Crippen MR) is 103 cm³/mol. The molecule has 0 radical (unpaired) electrons. The summed E-state index contributed by atoms with van der Waals surface area (Å²) >= 11 is 6.34. The largest absolute Gasteiger partial charge is 0.399 e. The second-order valence-electron chi connectivity index (χ2n) is 7.07. The Balaban J connectivity index is 2.34. The zero-order valence-corrected chi connectivity index (χ0v) is 16.2. The maximum atomic E-state index is 14.9. The molecule has 0 amide bonds. The zero-order valence-electron chi connectivity index (χ0n) is 15.4. The van der Waals surface area contributed by atoms with Gasteiger partial charge in [0.25, 0.3) is 0 Å². The van der Waals surface area contributed by atoms with Gasteiger partial charge < -0.3 is 5.73 Å². The first-order valence-electron chi connectivity index (χ1n) is 9.04. The molecule has 2 N–H and O–H groups in total. The average Bonchev–Trinajstić information content (AvgIpc) is 2.69. The van der Waals surface area contributed by atoms with Crippen LogP contribution < -0.4 is 5.73 Å². The molecule has 0 aromatic heterocycles. The Morgan fingerprint density at radius 2 is 2.04 bits per heavy atom. The van der Waals surface area contributed by atoms with Crippen molar-refractivity contribution in [1.29, 1.82) is 15.8 Å². The minimum Gasteiger partial charge on any atom is -0.399 e. The van der Waals surface area contributed by atoms with Crippen molar-refractivity contribution in [2.24, 2.45) is 17.1 Å². The standard InChI is InChI=1S/C21H19ClFN5/c1-2-7-28-8-6-13-14(9-24)20(27)21(11-25,12-26)19(15(13)10-28)18-16(22)4-3-5-17(18)23/h3-6,15,19H,2,7-8,10,27H2,1H3/t15-,19+/m0/s1. The molecule has 7 heteroatoms. The van der Waals surface area contributed by atoms with Crippen molar-refractivity contribution in [1.82, 2.24) is 4.90 Å². The van der Waals surface area contributed by atoms with Gasteiger partial charge in [0.1, 0.15) is 11.9 Å². The van der Waals surface area contributed by atoms with Gasteiger partial charge in [-0.2, -0.15) is 15.8 Å². The van der Waals surface area contributed by atoms with Gasteiger partial charge in [0.2, 0.25) is 0 Å². The van der Waals surface area contributed by atoms with Crippen LogP contribution in [0, 0.1) is 51.1 Å². The highest BCUT2D eigenvalue weighted by molar-refractivity contribution is 6.31. The molecule has 2 atom stereocenters. The molecule has 1 aromatic carbocycles. The van der Waals surface area contributed by atoms with Crippen molar-refractivity contribution >= 4 is 11.6 Å². The monoisotopic (exact) mass is 395 g/mol. The van der Waals surface area contributed by atoms with Crippen molar-refractivity contribution in [2.45, 2.75) is 19.3 Å². The number of fused-ring (bicyclic) bond motifs is 1. The van der Waals surface area contributed by atoms with Crippen LogP contribution in [0.15, 0.2) is 41.1 Å². The summed E-state index contributed by atoms with van der Waals surface area (Å²) < 4.78 is 14.9. The highest BCUT2D eigenvalue weighted by Crippen LogP contribution is 2.55. The van der Waals surface area contributed by atoms with E-state index in [0.29, 0.717) is 18.7 Å². The van der Waals surface area contributed by atoms with E-state index in [9.17, 15) is 20.2 Å². The maximum Gasteiger partial charge on any atom is 0.191 e. The molecule has 1 aliphatic carbocycles. The van der Waals surface area contributed by atoms with E-state index in [1.807, 2.05) is 18.2 Å². The van der Waals surface area contributed by atoms with Crippen LogP contribution in [0.5, 0.6) is 0 Å². The molecule has 1 heterocycles. The van der Waals surface area contributed by atoms with Crippen molar-refractivity contribution in [3.05, 3.63) is 57.5 Å². The second-order valence-corrected chi connectivity index (χ2v) is 7.48. The van der Waals surface area contributed by atoms with Crippen LogP contribution in [0.2, 0.25) is 5.02 Å². The van der Waals surface area contributed by atoms with Gasteiger partial charge in [0.15, 0.2) is 5.41 Å². The molecule has 2 aliphatic rings. The third-order valence-electron chi connectivity index (χ3n) is 5.59. The van der Waals surface area contributed by atoms with Crippen LogP contribution in [0.1, 0.15) is 24.8 Å². The van der Waals surface area contributed by atoms with Gasteiger partial charge >= 0.3 is 0 Å². The van der Waals surface area contributed by atoms with Gasteiger partial charge in [0.05, 0.1) is 23.4 Å². The smallest absolute Gasteiger partial charge is 0.191 e. The van der Waals surface area contributed by atoms with Gasteiger partial charge in [-0.1, -0.05) is 30.7 Å². The van der Waals surface area contributed by atoms with Crippen LogP contribution in [0.3, 0.4) is 0 Å². The summed E-state index contributed by atoms with van der Waals surface area (Å²) in [4.78, 5) is 2.16. The summed E-state index contributed by atoms with van der Waals surface area (Å²) in [6, 6.07) is 10.3. The third-order valence-corrected chi connectivity index (χ3v) is 5.92. The lowest BCUT2D eigenvalue weighted by molar-refractivity contribution is 0.205. The molecule has 142 valence electrons. The SMILES string of the molecule is CCCN1CC=C2C(C#N)=C(N)C(C#N)(C#N)[C@@H](c3c(F)cccc3Cl)[C@H]2C1. The second kappa shape index (κ2) is 7.64. The van der Waals surface area contributed by atoms with Gasteiger partial charge in [-0.15, -0.1) is 0 Å². The van der Waals surface area contributed by atoms with Gasteiger partial charge in [-0.05, 0) is 30.7 Å². The zero-order chi connectivity index (χ0) is 20.5. The molecule has 0 fully saturated rings. The number of nitriles is 3. The average molecular weight is 396 g/mol. The number of nitrogens with zero attached hydrogens (tertiary/aromatic N) is 4. The van der Waals surface area contributed by atoms with Crippen molar-refractivity contribution in [3.63, 3.8) is 0 Å². The van der Waals surface area contributed by atoms with E-state index in [2.05, 4.69) is 17.9 Å². The van der Waals surface area contributed by atoms with E-state index in [4.69, 9.17) is 17.3 Å². The minimum absolute atomic E-state index is 0.0986. The summed E-state index contributed by atoms with van der Waals surface area (Å²) in [5, 5.41) is 29.8. The number of hydrogen-bond acceptors (Lipinski definition) is 5. The van der Waals surface area contributed by atoms with E-state index in [1.54, 1.807) is 0 Å². The molecule has 3 rings (SSSR count). The van der Waals surface area contributed by atoms with Crippen molar-refractivity contribution in [3.8, 4) is 18.2 Å². The molecule has 0 saturated heterocycles.